The average molecular weight is 524 g/mol. The Balaban J connectivity index is 1.47. The van der Waals surface area contributed by atoms with Crippen LogP contribution in [0, 0.1) is 0 Å². The molecule has 4 aromatic carbocycles. The van der Waals surface area contributed by atoms with Crippen molar-refractivity contribution in [2.75, 3.05) is 0 Å². The van der Waals surface area contributed by atoms with Crippen molar-refractivity contribution in [3.8, 4) is 16.8 Å². The Bertz CT molecular complexity index is 2550. The lowest BCUT2D eigenvalue weighted by Gasteiger charge is -2.12. The summed E-state index contributed by atoms with van der Waals surface area (Å²) in [5, 5.41) is 5.88. The smallest absolute Gasteiger partial charge is 0.165 e. The highest BCUT2D eigenvalue weighted by molar-refractivity contribution is 6.23. The maximum atomic E-state index is 5.10. The van der Waals surface area contributed by atoms with Gasteiger partial charge >= 0.3 is 0 Å². The number of benzene rings is 4. The van der Waals surface area contributed by atoms with E-state index in [-0.39, 0.29) is 0 Å². The number of fused-ring (bicyclic) bond motifs is 15. The largest absolute Gasteiger partial charge is 0.309 e. The number of nitrogens with zero attached hydrogens (tertiary/aromatic N) is 5. The lowest BCUT2D eigenvalue weighted by molar-refractivity contribution is 1.18. The molecule has 5 aromatic heterocycles. The number of pyridine rings is 3. The van der Waals surface area contributed by atoms with Crippen molar-refractivity contribution < 1.29 is 0 Å². The van der Waals surface area contributed by atoms with Crippen LogP contribution in [0.15, 0.2) is 116 Å². The standard InChI is InChI=1S/C36H21N5/c1-2-8-23(9-3-1)40-31-19-27-25-14-16-37-20-32(25)41-35(39-30-11-6-15-38-36(30)41)29(27)18-28(31)26-13-12-22-17-21-7-4-5-10-24(21)33(22)34(26)40/h1-16,18-20H,17H2. The van der Waals surface area contributed by atoms with Gasteiger partial charge in [-0.2, -0.15) is 0 Å². The van der Waals surface area contributed by atoms with E-state index in [1.54, 1.807) is 0 Å². The van der Waals surface area contributed by atoms with Crippen molar-refractivity contribution in [3.63, 3.8) is 0 Å². The molecule has 0 spiro atoms. The molecule has 41 heavy (non-hydrogen) atoms. The summed E-state index contributed by atoms with van der Waals surface area (Å²) in [6, 6.07) is 35.0. The van der Waals surface area contributed by atoms with Gasteiger partial charge in [-0.25, -0.2) is 9.97 Å². The third-order valence-electron chi connectivity index (χ3n) is 8.82. The van der Waals surface area contributed by atoms with Gasteiger partial charge in [0, 0.05) is 45.2 Å². The summed E-state index contributed by atoms with van der Waals surface area (Å²) in [6.45, 7) is 0. The summed E-state index contributed by atoms with van der Waals surface area (Å²) in [4.78, 5) is 14.3. The van der Waals surface area contributed by atoms with E-state index in [9.17, 15) is 0 Å². The molecule has 9 aromatic rings. The number of hydrogen-bond acceptors (Lipinski definition) is 3. The molecule has 0 bridgehead atoms. The van der Waals surface area contributed by atoms with Crippen LogP contribution in [0.4, 0.5) is 0 Å². The fourth-order valence-corrected chi connectivity index (χ4v) is 7.13. The highest BCUT2D eigenvalue weighted by Gasteiger charge is 2.26. The van der Waals surface area contributed by atoms with E-state index in [0.717, 1.165) is 50.6 Å². The Kier molecular flexibility index (Phi) is 3.92. The zero-order valence-corrected chi connectivity index (χ0v) is 21.9. The molecular formula is C36H21N5. The van der Waals surface area contributed by atoms with Gasteiger partial charge in [0.15, 0.2) is 5.65 Å². The monoisotopic (exact) mass is 523 g/mol. The molecule has 10 rings (SSSR count). The first-order chi connectivity index (χ1) is 20.3. The van der Waals surface area contributed by atoms with Crippen LogP contribution in [0.2, 0.25) is 0 Å². The first kappa shape index (κ1) is 21.3. The fraction of sp³-hybridized carbons (Fsp3) is 0.0278. The molecular weight excluding hydrogens is 502 g/mol. The average Bonchev–Trinajstić information content (AvgIpc) is 3.70. The predicted octanol–water partition coefficient (Wildman–Crippen LogP) is 8.25. The number of aromatic nitrogens is 5. The van der Waals surface area contributed by atoms with Crippen LogP contribution in [0.1, 0.15) is 11.1 Å². The van der Waals surface area contributed by atoms with Gasteiger partial charge in [0.1, 0.15) is 11.2 Å². The second-order valence-corrected chi connectivity index (χ2v) is 10.9. The van der Waals surface area contributed by atoms with Crippen molar-refractivity contribution in [2.24, 2.45) is 0 Å². The summed E-state index contributed by atoms with van der Waals surface area (Å²) < 4.78 is 4.63. The Morgan fingerprint density at radius 3 is 2.46 bits per heavy atom. The second-order valence-electron chi connectivity index (χ2n) is 10.9. The van der Waals surface area contributed by atoms with Crippen LogP contribution < -0.4 is 0 Å². The summed E-state index contributed by atoms with van der Waals surface area (Å²) in [7, 11) is 0. The van der Waals surface area contributed by atoms with Gasteiger partial charge in [-0.15, -0.1) is 0 Å². The molecule has 0 saturated carbocycles. The molecule has 0 unspecified atom stereocenters. The Hall–Kier alpha value is -5.55. The van der Waals surface area contributed by atoms with E-state index in [1.165, 1.54) is 44.1 Å². The molecule has 0 aliphatic heterocycles. The Morgan fingerprint density at radius 1 is 0.610 bits per heavy atom. The topological polar surface area (TPSA) is 48.0 Å². The molecule has 0 saturated heterocycles. The van der Waals surface area contributed by atoms with Gasteiger partial charge in [-0.1, -0.05) is 54.6 Å². The van der Waals surface area contributed by atoms with E-state index in [1.807, 2.05) is 30.7 Å². The quantitative estimate of drug-likeness (QED) is 0.204. The molecule has 190 valence electrons. The van der Waals surface area contributed by atoms with Gasteiger partial charge < -0.3 is 4.57 Å². The molecule has 5 heterocycles. The molecule has 0 fully saturated rings. The molecule has 0 atom stereocenters. The number of rotatable bonds is 1. The van der Waals surface area contributed by atoms with Gasteiger partial charge in [-0.05, 0) is 71.0 Å². The third-order valence-corrected chi connectivity index (χ3v) is 8.82. The first-order valence-corrected chi connectivity index (χ1v) is 13.9. The van der Waals surface area contributed by atoms with Crippen molar-refractivity contribution in [1.82, 2.24) is 23.9 Å². The van der Waals surface area contributed by atoms with Crippen LogP contribution in [0.5, 0.6) is 0 Å². The summed E-state index contributed by atoms with van der Waals surface area (Å²) in [6.07, 6.45) is 6.60. The Labute approximate surface area is 234 Å². The van der Waals surface area contributed by atoms with Crippen molar-refractivity contribution >= 4 is 60.3 Å². The number of hydrogen-bond donors (Lipinski definition) is 0. The minimum absolute atomic E-state index is 0.851. The van der Waals surface area contributed by atoms with Crippen molar-refractivity contribution in [2.45, 2.75) is 6.42 Å². The normalized spacial score (nSPS) is 12.8. The summed E-state index contributed by atoms with van der Waals surface area (Å²) in [5.41, 5.74) is 12.7. The van der Waals surface area contributed by atoms with Gasteiger partial charge in [0.2, 0.25) is 0 Å². The molecule has 0 radical (unpaired) electrons. The van der Waals surface area contributed by atoms with E-state index < -0.39 is 0 Å². The molecule has 0 N–H and O–H groups in total. The fourth-order valence-electron chi connectivity index (χ4n) is 7.13. The highest BCUT2D eigenvalue weighted by atomic mass is 15.1. The first-order valence-electron chi connectivity index (χ1n) is 13.9. The van der Waals surface area contributed by atoms with Crippen LogP contribution in [0.25, 0.3) is 77.1 Å². The van der Waals surface area contributed by atoms with Crippen LogP contribution >= 0.6 is 0 Å². The summed E-state index contributed by atoms with van der Waals surface area (Å²) in [5.74, 6) is 0. The van der Waals surface area contributed by atoms with Gasteiger partial charge in [-0.3, -0.25) is 9.38 Å². The highest BCUT2D eigenvalue weighted by Crippen LogP contribution is 2.46. The van der Waals surface area contributed by atoms with E-state index in [0.29, 0.717) is 0 Å². The van der Waals surface area contributed by atoms with Crippen LogP contribution in [-0.2, 0) is 6.42 Å². The van der Waals surface area contributed by atoms with E-state index >= 15 is 0 Å². The van der Waals surface area contributed by atoms with Crippen molar-refractivity contribution in [1.29, 1.82) is 0 Å². The number of imidazole rings is 1. The predicted molar refractivity (Wildman–Crippen MR) is 166 cm³/mol. The Morgan fingerprint density at radius 2 is 1.51 bits per heavy atom. The lowest BCUT2D eigenvalue weighted by Crippen LogP contribution is -1.96. The van der Waals surface area contributed by atoms with Crippen molar-refractivity contribution in [3.05, 3.63) is 127 Å². The molecule has 1 aliphatic rings. The zero-order valence-electron chi connectivity index (χ0n) is 21.9. The van der Waals surface area contributed by atoms with Gasteiger partial charge in [0.25, 0.3) is 0 Å². The van der Waals surface area contributed by atoms with E-state index in [2.05, 4.69) is 98.9 Å². The van der Waals surface area contributed by atoms with Gasteiger partial charge in [0.05, 0.1) is 22.7 Å². The number of para-hydroxylation sites is 1. The minimum Gasteiger partial charge on any atom is -0.309 e. The second kappa shape index (κ2) is 7.55. The lowest BCUT2D eigenvalue weighted by atomic mass is 10.0. The third kappa shape index (κ3) is 2.68. The zero-order chi connectivity index (χ0) is 26.7. The van der Waals surface area contributed by atoms with Crippen LogP contribution in [0.3, 0.4) is 0 Å². The minimum atomic E-state index is 0.851. The summed E-state index contributed by atoms with van der Waals surface area (Å²) >= 11 is 0. The maximum absolute atomic E-state index is 5.10. The van der Waals surface area contributed by atoms with E-state index in [4.69, 9.17) is 9.97 Å². The molecule has 0 amide bonds. The van der Waals surface area contributed by atoms with Crippen LogP contribution in [-0.4, -0.2) is 23.9 Å². The molecule has 5 nitrogen and oxygen atoms in total. The molecule has 1 aliphatic carbocycles. The maximum Gasteiger partial charge on any atom is 0.165 e. The molecule has 5 heteroatoms. The SMILES string of the molecule is c1ccc(-n2c3cc4c5ccncc5n5c6ncccc6nc5c4cc3c3ccc4c(c32)-c2ccccc2C4)cc1.